The van der Waals surface area contributed by atoms with Crippen LogP contribution in [0.15, 0.2) is 12.3 Å². The molecule has 2 heterocycles. The standard InChI is InChI=1S/C18H24N4O5/c1-9(2)14-7-12(13-8-19-22(10(3)4)15(13)20-14)17(24)27-11(5)16(23)21-18(25)26-6/h7-11H,1-6H3,(H,21,23,25)/t11-/m0/s1. The van der Waals surface area contributed by atoms with Crippen molar-refractivity contribution < 1.29 is 23.9 Å². The Kier molecular flexibility index (Phi) is 6.14. The van der Waals surface area contributed by atoms with Crippen molar-refractivity contribution in [3.63, 3.8) is 0 Å². The Hall–Kier alpha value is -2.97. The number of carbonyl (C=O) groups is 3. The number of hydrogen-bond donors (Lipinski definition) is 1. The molecule has 1 N–H and O–H groups in total. The summed E-state index contributed by atoms with van der Waals surface area (Å²) in [4.78, 5) is 40.3. The Morgan fingerprint density at radius 1 is 1.15 bits per heavy atom. The molecule has 0 saturated heterocycles. The van der Waals surface area contributed by atoms with Gasteiger partial charge in [-0.2, -0.15) is 5.10 Å². The second-order valence-corrected chi connectivity index (χ2v) is 6.70. The van der Waals surface area contributed by atoms with Gasteiger partial charge in [0.05, 0.1) is 24.3 Å². The van der Waals surface area contributed by atoms with Crippen LogP contribution in [0.5, 0.6) is 0 Å². The molecule has 27 heavy (non-hydrogen) atoms. The van der Waals surface area contributed by atoms with Gasteiger partial charge in [-0.15, -0.1) is 0 Å². The lowest BCUT2D eigenvalue weighted by molar-refractivity contribution is -0.128. The Labute approximate surface area is 157 Å². The van der Waals surface area contributed by atoms with Crippen molar-refractivity contribution in [3.05, 3.63) is 23.5 Å². The van der Waals surface area contributed by atoms with Crippen molar-refractivity contribution in [1.29, 1.82) is 0 Å². The van der Waals surface area contributed by atoms with Crippen LogP contribution in [0.3, 0.4) is 0 Å². The molecule has 0 bridgehead atoms. The minimum Gasteiger partial charge on any atom is -0.453 e. The number of methoxy groups -OCH3 is 1. The molecule has 0 aromatic carbocycles. The topological polar surface area (TPSA) is 112 Å². The zero-order valence-corrected chi connectivity index (χ0v) is 16.3. The van der Waals surface area contributed by atoms with Gasteiger partial charge in [-0.3, -0.25) is 10.1 Å². The molecule has 0 spiro atoms. The third-order valence-electron chi connectivity index (χ3n) is 3.95. The SMILES string of the molecule is COC(=O)NC(=O)[C@H](C)OC(=O)c1cc(C(C)C)nc2c1cnn2C(C)C. The van der Waals surface area contributed by atoms with Crippen molar-refractivity contribution >= 4 is 29.0 Å². The van der Waals surface area contributed by atoms with Gasteiger partial charge in [0.1, 0.15) is 0 Å². The molecule has 0 aliphatic carbocycles. The quantitative estimate of drug-likeness (QED) is 0.798. The summed E-state index contributed by atoms with van der Waals surface area (Å²) >= 11 is 0. The lowest BCUT2D eigenvalue weighted by Crippen LogP contribution is -2.39. The van der Waals surface area contributed by atoms with Gasteiger partial charge in [-0.25, -0.2) is 19.3 Å². The smallest absolute Gasteiger partial charge is 0.413 e. The predicted octanol–water partition coefficient (Wildman–Crippen LogP) is 2.56. The minimum atomic E-state index is -1.18. The highest BCUT2D eigenvalue weighted by atomic mass is 16.6. The molecule has 9 heteroatoms. The van der Waals surface area contributed by atoms with Crippen LogP contribution in [0.2, 0.25) is 0 Å². The van der Waals surface area contributed by atoms with Crippen LogP contribution in [-0.4, -0.2) is 45.9 Å². The van der Waals surface area contributed by atoms with Crippen LogP contribution in [0, 0.1) is 0 Å². The molecule has 0 aliphatic heterocycles. The zero-order chi connectivity index (χ0) is 20.3. The van der Waals surface area contributed by atoms with Crippen LogP contribution in [0.4, 0.5) is 4.79 Å². The number of rotatable bonds is 5. The summed E-state index contributed by atoms with van der Waals surface area (Å²) in [6.07, 6.45) is -0.542. The lowest BCUT2D eigenvalue weighted by atomic mass is 10.1. The third kappa shape index (κ3) is 4.42. The number of alkyl carbamates (subject to hydrolysis) is 1. The van der Waals surface area contributed by atoms with Gasteiger partial charge in [0.25, 0.3) is 5.91 Å². The van der Waals surface area contributed by atoms with Gasteiger partial charge in [-0.05, 0) is 32.8 Å². The molecule has 2 amide bonds. The first-order chi connectivity index (χ1) is 12.6. The summed E-state index contributed by atoms with van der Waals surface area (Å²) in [5.74, 6) is -1.39. The molecular weight excluding hydrogens is 352 g/mol. The summed E-state index contributed by atoms with van der Waals surface area (Å²) in [6.45, 7) is 9.23. The predicted molar refractivity (Wildman–Crippen MR) is 97.4 cm³/mol. The fourth-order valence-electron chi connectivity index (χ4n) is 2.41. The first-order valence-corrected chi connectivity index (χ1v) is 8.63. The second-order valence-electron chi connectivity index (χ2n) is 6.70. The highest BCUT2D eigenvalue weighted by molar-refractivity contribution is 6.04. The van der Waals surface area contributed by atoms with E-state index in [4.69, 9.17) is 4.74 Å². The van der Waals surface area contributed by atoms with E-state index in [0.29, 0.717) is 16.7 Å². The molecule has 0 radical (unpaired) electrons. The van der Waals surface area contributed by atoms with E-state index in [1.807, 2.05) is 33.0 Å². The number of pyridine rings is 1. The summed E-state index contributed by atoms with van der Waals surface area (Å²) in [6, 6.07) is 1.71. The Bertz CT molecular complexity index is 872. The monoisotopic (exact) mass is 376 g/mol. The van der Waals surface area contributed by atoms with Crippen molar-refractivity contribution in [3.8, 4) is 0 Å². The number of ether oxygens (including phenoxy) is 2. The van der Waals surface area contributed by atoms with Gasteiger partial charge in [0, 0.05) is 11.7 Å². The summed E-state index contributed by atoms with van der Waals surface area (Å²) < 4.78 is 11.3. The van der Waals surface area contributed by atoms with Crippen LogP contribution in [0.1, 0.15) is 62.6 Å². The first kappa shape index (κ1) is 20.3. The maximum absolute atomic E-state index is 12.7. The average molecular weight is 376 g/mol. The summed E-state index contributed by atoms with van der Waals surface area (Å²) in [5, 5.41) is 6.82. The molecular formula is C18H24N4O5. The van der Waals surface area contributed by atoms with Crippen molar-refractivity contribution in [2.75, 3.05) is 7.11 Å². The van der Waals surface area contributed by atoms with Crippen LogP contribution >= 0.6 is 0 Å². The largest absolute Gasteiger partial charge is 0.453 e. The molecule has 1 atom stereocenters. The fraction of sp³-hybridized carbons (Fsp3) is 0.500. The second kappa shape index (κ2) is 8.15. The van der Waals surface area contributed by atoms with E-state index >= 15 is 0 Å². The van der Waals surface area contributed by atoms with Crippen LogP contribution in [-0.2, 0) is 14.3 Å². The first-order valence-electron chi connectivity index (χ1n) is 8.63. The Morgan fingerprint density at radius 3 is 2.37 bits per heavy atom. The summed E-state index contributed by atoms with van der Waals surface area (Å²) in [7, 11) is 1.13. The molecule has 0 unspecified atom stereocenters. The van der Waals surface area contributed by atoms with Crippen molar-refractivity contribution in [2.45, 2.75) is 52.7 Å². The minimum absolute atomic E-state index is 0.0611. The number of imide groups is 1. The molecule has 0 saturated carbocycles. The van der Waals surface area contributed by atoms with Gasteiger partial charge in [-0.1, -0.05) is 13.8 Å². The molecule has 2 aromatic rings. The summed E-state index contributed by atoms with van der Waals surface area (Å²) in [5.41, 5.74) is 1.56. The highest BCUT2D eigenvalue weighted by Crippen LogP contribution is 2.25. The number of amides is 2. The van der Waals surface area contributed by atoms with E-state index in [1.165, 1.54) is 6.92 Å². The van der Waals surface area contributed by atoms with Gasteiger partial charge in [0.15, 0.2) is 11.8 Å². The van der Waals surface area contributed by atoms with Gasteiger partial charge >= 0.3 is 12.1 Å². The number of fused-ring (bicyclic) bond motifs is 1. The number of carbonyl (C=O) groups excluding carboxylic acids is 3. The number of nitrogens with one attached hydrogen (secondary N) is 1. The molecule has 2 rings (SSSR count). The third-order valence-corrected chi connectivity index (χ3v) is 3.95. The molecule has 0 fully saturated rings. The average Bonchev–Trinajstić information content (AvgIpc) is 3.04. The Morgan fingerprint density at radius 2 is 1.81 bits per heavy atom. The van der Waals surface area contributed by atoms with Gasteiger partial charge < -0.3 is 9.47 Å². The molecule has 0 aliphatic rings. The van der Waals surface area contributed by atoms with Crippen LogP contribution in [0.25, 0.3) is 11.0 Å². The Balaban J connectivity index is 2.37. The van der Waals surface area contributed by atoms with E-state index in [0.717, 1.165) is 7.11 Å². The number of esters is 1. The van der Waals surface area contributed by atoms with E-state index in [2.05, 4.69) is 14.8 Å². The van der Waals surface area contributed by atoms with E-state index < -0.39 is 24.1 Å². The van der Waals surface area contributed by atoms with Crippen molar-refractivity contribution in [1.82, 2.24) is 20.1 Å². The van der Waals surface area contributed by atoms with E-state index in [9.17, 15) is 14.4 Å². The fourth-order valence-corrected chi connectivity index (χ4v) is 2.41. The van der Waals surface area contributed by atoms with E-state index in [1.54, 1.807) is 16.9 Å². The highest BCUT2D eigenvalue weighted by Gasteiger charge is 2.24. The maximum atomic E-state index is 12.7. The van der Waals surface area contributed by atoms with Crippen LogP contribution < -0.4 is 5.32 Å². The number of hydrogen-bond acceptors (Lipinski definition) is 7. The lowest BCUT2D eigenvalue weighted by Gasteiger charge is -2.14. The number of aromatic nitrogens is 3. The molecule has 146 valence electrons. The van der Waals surface area contributed by atoms with E-state index in [-0.39, 0.29) is 17.5 Å². The molecule has 9 nitrogen and oxygen atoms in total. The zero-order valence-electron chi connectivity index (χ0n) is 16.3. The number of nitrogens with zero attached hydrogens (tertiary/aromatic N) is 3. The van der Waals surface area contributed by atoms with Crippen molar-refractivity contribution in [2.24, 2.45) is 0 Å². The maximum Gasteiger partial charge on any atom is 0.413 e. The van der Waals surface area contributed by atoms with Gasteiger partial charge in [0.2, 0.25) is 0 Å². The normalized spacial score (nSPS) is 12.3. The molecule has 2 aromatic heterocycles.